The van der Waals surface area contributed by atoms with Crippen molar-refractivity contribution in [3.8, 4) is 6.19 Å². The average molecular weight is 493 g/mol. The molecular weight excluding hydrogens is 452 g/mol. The maximum atomic E-state index is 13.0. The zero-order valence-electron chi connectivity index (χ0n) is 22.4. The molecule has 8 heteroatoms. The first kappa shape index (κ1) is 28.8. The Morgan fingerprint density at radius 2 is 1.94 bits per heavy atom. The first-order valence-electron chi connectivity index (χ1n) is 12.4. The Morgan fingerprint density at radius 1 is 1.25 bits per heavy atom. The largest absolute Gasteiger partial charge is 0.359 e. The number of likely N-dealkylation sites (tertiary alicyclic amines) is 1. The number of nitrogens with zero attached hydrogens (tertiary/aromatic N) is 5. The number of aromatic nitrogens is 1. The quantitative estimate of drug-likeness (QED) is 0.446. The molecular formula is C28H40N6O2. The molecule has 1 aliphatic rings. The fourth-order valence-corrected chi connectivity index (χ4v) is 3.99. The highest BCUT2D eigenvalue weighted by molar-refractivity contribution is 5.86. The lowest BCUT2D eigenvalue weighted by Gasteiger charge is -2.30. The Kier molecular flexibility index (Phi) is 10.9. The molecule has 1 fully saturated rings. The second kappa shape index (κ2) is 13.6. The number of anilines is 1. The van der Waals surface area contributed by atoms with E-state index in [9.17, 15) is 9.59 Å². The lowest BCUT2D eigenvalue weighted by Crippen LogP contribution is -2.41. The van der Waals surface area contributed by atoms with E-state index in [1.807, 2.05) is 49.3 Å². The number of hydrogen-bond donors (Lipinski definition) is 1. The molecule has 36 heavy (non-hydrogen) atoms. The Hall–Kier alpha value is -3.44. The van der Waals surface area contributed by atoms with Gasteiger partial charge in [0.15, 0.2) is 6.19 Å². The summed E-state index contributed by atoms with van der Waals surface area (Å²) >= 11 is 0. The topological polar surface area (TPSA) is 92.6 Å². The molecule has 1 saturated heterocycles. The summed E-state index contributed by atoms with van der Waals surface area (Å²) in [5, 5.41) is 11.4. The average Bonchev–Trinajstić information content (AvgIpc) is 3.32. The molecule has 0 radical (unpaired) electrons. The van der Waals surface area contributed by atoms with E-state index in [1.54, 1.807) is 12.4 Å². The number of aldehydes is 1. The lowest BCUT2D eigenvalue weighted by molar-refractivity contribution is -0.122. The van der Waals surface area contributed by atoms with Gasteiger partial charge in [-0.2, -0.15) is 5.26 Å². The number of carbonyl (C=O) groups excluding carboxylic acids is 2. The minimum absolute atomic E-state index is 0.0211. The number of benzene rings is 1. The van der Waals surface area contributed by atoms with E-state index in [0.717, 1.165) is 43.5 Å². The molecule has 1 aromatic carbocycles. The Morgan fingerprint density at radius 3 is 2.44 bits per heavy atom. The SMILES string of the molecule is CN(C)CCNC(=O)C(c1cccnc1)N(C)c1ccc(C(C)(C)C)cc1.N#CN1CCCC1C=O. The number of rotatable bonds is 8. The van der Waals surface area contributed by atoms with Crippen LogP contribution in [-0.2, 0) is 15.0 Å². The van der Waals surface area contributed by atoms with Gasteiger partial charge in [-0.1, -0.05) is 39.0 Å². The molecule has 2 heterocycles. The standard InChI is InChI=1S/C22H32N4O.C6H8N2O/c1-22(2,3)18-9-11-19(12-10-18)26(6)20(17-8-7-13-23-16-17)21(27)24-14-15-25(4)5;7-5-8-3-1-2-6(8)4-9/h7-13,16,20H,14-15H2,1-6H3,(H,24,27);4,6H,1-3H2. The molecule has 8 nitrogen and oxygen atoms in total. The van der Waals surface area contributed by atoms with Crippen molar-refractivity contribution in [1.82, 2.24) is 20.1 Å². The normalized spacial score (nSPS) is 15.9. The van der Waals surface area contributed by atoms with Crippen molar-refractivity contribution in [3.63, 3.8) is 0 Å². The molecule has 1 aromatic heterocycles. The number of amides is 1. The van der Waals surface area contributed by atoms with Crippen LogP contribution in [-0.4, -0.2) is 73.8 Å². The first-order valence-corrected chi connectivity index (χ1v) is 12.4. The van der Waals surface area contributed by atoms with Crippen molar-refractivity contribution in [2.75, 3.05) is 45.7 Å². The van der Waals surface area contributed by atoms with Gasteiger partial charge in [0.2, 0.25) is 5.91 Å². The third-order valence-electron chi connectivity index (χ3n) is 6.22. The van der Waals surface area contributed by atoms with Crippen molar-refractivity contribution < 1.29 is 9.59 Å². The summed E-state index contributed by atoms with van der Waals surface area (Å²) in [6.07, 6.45) is 8.11. The Balaban J connectivity index is 0.000000425. The van der Waals surface area contributed by atoms with Crippen molar-refractivity contribution in [3.05, 3.63) is 59.9 Å². The van der Waals surface area contributed by atoms with Gasteiger partial charge in [-0.15, -0.1) is 0 Å². The Labute approximate surface area is 215 Å². The third-order valence-corrected chi connectivity index (χ3v) is 6.22. The molecule has 0 saturated carbocycles. The fourth-order valence-electron chi connectivity index (χ4n) is 3.99. The maximum Gasteiger partial charge on any atom is 0.247 e. The molecule has 2 unspecified atom stereocenters. The third kappa shape index (κ3) is 8.35. The van der Waals surface area contributed by atoms with Gasteiger partial charge in [0.1, 0.15) is 12.3 Å². The van der Waals surface area contributed by atoms with E-state index < -0.39 is 6.04 Å². The van der Waals surface area contributed by atoms with Gasteiger partial charge in [0.05, 0.1) is 6.04 Å². The highest BCUT2D eigenvalue weighted by Crippen LogP contribution is 2.29. The lowest BCUT2D eigenvalue weighted by atomic mass is 9.87. The summed E-state index contributed by atoms with van der Waals surface area (Å²) in [6.45, 7) is 8.75. The molecule has 0 bridgehead atoms. The number of nitriles is 1. The minimum atomic E-state index is -0.429. The molecule has 1 N–H and O–H groups in total. The number of pyridine rings is 1. The van der Waals surface area contributed by atoms with Crippen LogP contribution in [0, 0.1) is 11.5 Å². The summed E-state index contributed by atoms with van der Waals surface area (Å²) in [5.74, 6) is -0.0211. The van der Waals surface area contributed by atoms with E-state index in [0.29, 0.717) is 6.54 Å². The molecule has 1 amide bonds. The van der Waals surface area contributed by atoms with Crippen LogP contribution >= 0.6 is 0 Å². The van der Waals surface area contributed by atoms with Crippen LogP contribution < -0.4 is 10.2 Å². The van der Waals surface area contributed by atoms with Gasteiger partial charge in [-0.3, -0.25) is 9.78 Å². The van der Waals surface area contributed by atoms with Crippen LogP contribution in [0.1, 0.15) is 50.8 Å². The molecule has 3 rings (SSSR count). The zero-order chi connectivity index (χ0) is 26.7. The Bertz CT molecular complexity index is 995. The van der Waals surface area contributed by atoms with Gasteiger partial charge in [-0.05, 0) is 56.1 Å². The fraction of sp³-hybridized carbons (Fsp3) is 0.500. The van der Waals surface area contributed by atoms with E-state index in [-0.39, 0.29) is 17.4 Å². The second-order valence-corrected chi connectivity index (χ2v) is 10.3. The van der Waals surface area contributed by atoms with Gasteiger partial charge in [-0.25, -0.2) is 0 Å². The van der Waals surface area contributed by atoms with E-state index in [2.05, 4.69) is 55.3 Å². The smallest absolute Gasteiger partial charge is 0.247 e. The number of carbonyl (C=O) groups is 2. The van der Waals surface area contributed by atoms with Crippen molar-refractivity contribution in [2.24, 2.45) is 0 Å². The van der Waals surface area contributed by atoms with E-state index in [1.165, 1.54) is 10.5 Å². The van der Waals surface area contributed by atoms with Crippen LogP contribution in [0.5, 0.6) is 0 Å². The van der Waals surface area contributed by atoms with Gasteiger partial charge in [0.25, 0.3) is 0 Å². The summed E-state index contributed by atoms with van der Waals surface area (Å²) in [5.41, 5.74) is 3.25. The molecule has 2 aromatic rings. The van der Waals surface area contributed by atoms with Crippen LogP contribution in [0.2, 0.25) is 0 Å². The highest BCUT2D eigenvalue weighted by Gasteiger charge is 2.26. The second-order valence-electron chi connectivity index (χ2n) is 10.3. The number of likely N-dealkylation sites (N-methyl/N-ethyl adjacent to an activating group) is 2. The predicted molar refractivity (Wildman–Crippen MR) is 143 cm³/mol. The van der Waals surface area contributed by atoms with Crippen molar-refractivity contribution in [1.29, 1.82) is 5.26 Å². The molecule has 2 atom stereocenters. The van der Waals surface area contributed by atoms with Gasteiger partial charge >= 0.3 is 0 Å². The van der Waals surface area contributed by atoms with Gasteiger partial charge < -0.3 is 24.8 Å². The molecule has 194 valence electrons. The maximum absolute atomic E-state index is 13.0. The summed E-state index contributed by atoms with van der Waals surface area (Å²) in [4.78, 5) is 32.9. The van der Waals surface area contributed by atoms with Crippen molar-refractivity contribution >= 4 is 17.9 Å². The minimum Gasteiger partial charge on any atom is -0.359 e. The number of nitrogens with one attached hydrogen (secondary N) is 1. The number of hydrogen-bond acceptors (Lipinski definition) is 7. The monoisotopic (exact) mass is 492 g/mol. The molecule has 0 aliphatic carbocycles. The van der Waals surface area contributed by atoms with E-state index in [4.69, 9.17) is 5.26 Å². The zero-order valence-corrected chi connectivity index (χ0v) is 22.4. The summed E-state index contributed by atoms with van der Waals surface area (Å²) in [7, 11) is 5.94. The van der Waals surface area contributed by atoms with Gasteiger partial charge in [0, 0.05) is 50.3 Å². The van der Waals surface area contributed by atoms with E-state index >= 15 is 0 Å². The predicted octanol–water partition coefficient (Wildman–Crippen LogP) is 3.37. The van der Waals surface area contributed by atoms with Crippen LogP contribution in [0.3, 0.4) is 0 Å². The van der Waals surface area contributed by atoms with Crippen molar-refractivity contribution in [2.45, 2.75) is 51.1 Å². The summed E-state index contributed by atoms with van der Waals surface area (Å²) in [6, 6.07) is 11.7. The van der Waals surface area contributed by atoms with Crippen LogP contribution in [0.4, 0.5) is 5.69 Å². The van der Waals surface area contributed by atoms with Crippen LogP contribution in [0.15, 0.2) is 48.8 Å². The summed E-state index contributed by atoms with van der Waals surface area (Å²) < 4.78 is 0. The van der Waals surface area contributed by atoms with Crippen LogP contribution in [0.25, 0.3) is 0 Å². The highest BCUT2D eigenvalue weighted by atomic mass is 16.2. The molecule has 0 spiro atoms. The molecule has 1 aliphatic heterocycles. The first-order chi connectivity index (χ1) is 17.1.